The van der Waals surface area contributed by atoms with E-state index in [0.717, 1.165) is 24.5 Å². The first-order chi connectivity index (χ1) is 13.0. The van der Waals surface area contributed by atoms with Gasteiger partial charge in [-0.3, -0.25) is 4.79 Å². The van der Waals surface area contributed by atoms with E-state index in [4.69, 9.17) is 11.6 Å². The zero-order valence-corrected chi connectivity index (χ0v) is 17.3. The maximum Gasteiger partial charge on any atom is 0.251 e. The molecule has 1 aliphatic heterocycles. The van der Waals surface area contributed by atoms with Crippen LogP contribution in [0.5, 0.6) is 0 Å². The summed E-state index contributed by atoms with van der Waals surface area (Å²) in [6.07, 6.45) is 3.66. The molecule has 144 valence electrons. The number of halogens is 1. The molecule has 0 radical (unpaired) electrons. The van der Waals surface area contributed by atoms with Crippen molar-refractivity contribution in [3.8, 4) is 0 Å². The Hall–Kier alpha value is -1.79. The van der Waals surface area contributed by atoms with Crippen molar-refractivity contribution in [1.29, 1.82) is 0 Å². The van der Waals surface area contributed by atoms with Crippen molar-refractivity contribution in [3.05, 3.63) is 46.6 Å². The number of hydrogen-bond acceptors (Lipinski definition) is 5. The monoisotopic (exact) mass is 404 g/mol. The number of nitrogens with zero attached hydrogens (tertiary/aromatic N) is 3. The molecule has 1 amide bonds. The second-order valence-corrected chi connectivity index (χ2v) is 8.33. The van der Waals surface area contributed by atoms with Crippen molar-refractivity contribution in [2.75, 3.05) is 18.0 Å². The van der Waals surface area contributed by atoms with Crippen LogP contribution in [0.1, 0.15) is 49.0 Å². The zero-order chi connectivity index (χ0) is 19.2. The van der Waals surface area contributed by atoms with Gasteiger partial charge in [0, 0.05) is 36.5 Å². The Morgan fingerprint density at radius 1 is 1.22 bits per heavy atom. The van der Waals surface area contributed by atoms with Gasteiger partial charge in [0.05, 0.1) is 0 Å². The number of aromatic nitrogens is 2. The molecule has 0 atom stereocenters. The number of hydrogen-bond donors (Lipinski definition) is 1. The summed E-state index contributed by atoms with van der Waals surface area (Å²) in [6, 6.07) is 9.62. The van der Waals surface area contributed by atoms with Crippen LogP contribution in [0, 0.1) is 0 Å². The fourth-order valence-electron chi connectivity index (χ4n) is 3.03. The summed E-state index contributed by atoms with van der Waals surface area (Å²) in [6.45, 7) is 5.94. The number of anilines is 1. The lowest BCUT2D eigenvalue weighted by molar-refractivity contribution is 0.0943. The molecule has 1 aromatic heterocycles. The average molecular weight is 405 g/mol. The van der Waals surface area contributed by atoms with E-state index in [1.54, 1.807) is 0 Å². The Bertz CT molecular complexity index is 793. The van der Waals surface area contributed by atoms with Crippen molar-refractivity contribution < 1.29 is 4.79 Å². The molecule has 0 aliphatic carbocycles. The normalized spacial score (nSPS) is 14.4. The van der Waals surface area contributed by atoms with E-state index >= 15 is 0 Å². The third kappa shape index (κ3) is 5.84. The van der Waals surface area contributed by atoms with Gasteiger partial charge in [-0.2, -0.15) is 0 Å². The Morgan fingerprint density at radius 3 is 2.74 bits per heavy atom. The maximum absolute atomic E-state index is 12.2. The van der Waals surface area contributed by atoms with Crippen molar-refractivity contribution >= 4 is 35.1 Å². The number of thioether (sulfide) groups is 1. The predicted molar refractivity (Wildman–Crippen MR) is 112 cm³/mol. The molecular weight excluding hydrogens is 380 g/mol. The number of piperidine rings is 1. The van der Waals surface area contributed by atoms with Gasteiger partial charge in [-0.1, -0.05) is 35.5 Å². The molecule has 1 aliphatic rings. The predicted octanol–water partition coefficient (Wildman–Crippen LogP) is 4.55. The molecule has 1 saturated heterocycles. The van der Waals surface area contributed by atoms with Gasteiger partial charge >= 0.3 is 0 Å². The Morgan fingerprint density at radius 2 is 2.00 bits per heavy atom. The number of nitrogens with one attached hydrogen (secondary N) is 1. The standard InChI is InChI=1S/C20H25ClN4OS/c1-14(2)22-19(26)16-8-6-7-15(11-16)13-27-20-23-17(21)12-18(24-20)25-9-4-3-5-10-25/h6-8,11-12,14H,3-5,9-10,13H2,1-2H3,(H,22,26). The molecule has 0 spiro atoms. The van der Waals surface area contributed by atoms with Gasteiger partial charge in [0.25, 0.3) is 5.91 Å². The first-order valence-electron chi connectivity index (χ1n) is 9.33. The minimum atomic E-state index is -0.0526. The van der Waals surface area contributed by atoms with Crippen LogP contribution < -0.4 is 10.2 Å². The molecule has 27 heavy (non-hydrogen) atoms. The maximum atomic E-state index is 12.2. The van der Waals surface area contributed by atoms with E-state index in [1.807, 2.05) is 44.2 Å². The highest BCUT2D eigenvalue weighted by Gasteiger charge is 2.15. The van der Waals surface area contributed by atoms with Crippen LogP contribution in [0.15, 0.2) is 35.5 Å². The van der Waals surface area contributed by atoms with Crippen LogP contribution in [0.4, 0.5) is 5.82 Å². The smallest absolute Gasteiger partial charge is 0.251 e. The van der Waals surface area contributed by atoms with Gasteiger partial charge in [-0.25, -0.2) is 9.97 Å². The minimum absolute atomic E-state index is 0.0526. The summed E-state index contributed by atoms with van der Waals surface area (Å²) in [4.78, 5) is 23.5. The number of carbonyl (C=O) groups is 1. The first kappa shape index (κ1) is 20.0. The van der Waals surface area contributed by atoms with E-state index in [0.29, 0.717) is 21.6 Å². The molecule has 2 aromatic rings. The molecule has 1 fully saturated rings. The summed E-state index contributed by atoms with van der Waals surface area (Å²) in [7, 11) is 0. The van der Waals surface area contributed by atoms with Gasteiger partial charge < -0.3 is 10.2 Å². The van der Waals surface area contributed by atoms with Gasteiger partial charge in [0.2, 0.25) is 0 Å². The molecule has 2 heterocycles. The lowest BCUT2D eigenvalue weighted by atomic mass is 10.1. The first-order valence-corrected chi connectivity index (χ1v) is 10.7. The van der Waals surface area contributed by atoms with Crippen molar-refractivity contribution in [2.45, 2.75) is 50.1 Å². The fraction of sp³-hybridized carbons (Fsp3) is 0.450. The number of carbonyl (C=O) groups excluding carboxylic acids is 1. The lowest BCUT2D eigenvalue weighted by Gasteiger charge is -2.27. The number of benzene rings is 1. The van der Waals surface area contributed by atoms with E-state index in [2.05, 4.69) is 20.2 Å². The van der Waals surface area contributed by atoms with E-state index in [-0.39, 0.29) is 11.9 Å². The number of rotatable bonds is 6. The molecule has 5 nitrogen and oxygen atoms in total. The summed E-state index contributed by atoms with van der Waals surface area (Å²) < 4.78 is 0. The molecule has 0 unspecified atom stereocenters. The molecule has 0 saturated carbocycles. The van der Waals surface area contributed by atoms with Gasteiger partial charge in [0.15, 0.2) is 5.16 Å². The molecular formula is C20H25ClN4OS. The third-order valence-corrected chi connectivity index (χ3v) is 5.43. The summed E-state index contributed by atoms with van der Waals surface area (Å²) in [5, 5.41) is 4.06. The van der Waals surface area contributed by atoms with E-state index in [9.17, 15) is 4.79 Å². The summed E-state index contributed by atoms with van der Waals surface area (Å²) in [5.41, 5.74) is 1.72. The van der Waals surface area contributed by atoms with Gasteiger partial charge in [-0.05, 0) is 50.8 Å². The van der Waals surface area contributed by atoms with Crippen LogP contribution in [-0.2, 0) is 5.75 Å². The van der Waals surface area contributed by atoms with Crippen molar-refractivity contribution in [3.63, 3.8) is 0 Å². The highest BCUT2D eigenvalue weighted by Crippen LogP contribution is 2.26. The van der Waals surface area contributed by atoms with Gasteiger partial charge in [0.1, 0.15) is 11.0 Å². The highest BCUT2D eigenvalue weighted by molar-refractivity contribution is 7.98. The van der Waals surface area contributed by atoms with Crippen LogP contribution in [-0.4, -0.2) is 35.0 Å². The fourth-order valence-corrected chi connectivity index (χ4v) is 4.05. The van der Waals surface area contributed by atoms with Crippen molar-refractivity contribution in [2.24, 2.45) is 0 Å². The van der Waals surface area contributed by atoms with Crippen LogP contribution >= 0.6 is 23.4 Å². The minimum Gasteiger partial charge on any atom is -0.356 e. The zero-order valence-electron chi connectivity index (χ0n) is 15.7. The van der Waals surface area contributed by atoms with Gasteiger partial charge in [-0.15, -0.1) is 0 Å². The summed E-state index contributed by atoms with van der Waals surface area (Å²) in [5.74, 6) is 1.54. The molecule has 1 N–H and O–H groups in total. The largest absolute Gasteiger partial charge is 0.356 e. The summed E-state index contributed by atoms with van der Waals surface area (Å²) >= 11 is 7.76. The van der Waals surface area contributed by atoms with Crippen LogP contribution in [0.25, 0.3) is 0 Å². The van der Waals surface area contributed by atoms with Crippen LogP contribution in [0.3, 0.4) is 0 Å². The van der Waals surface area contributed by atoms with E-state index in [1.165, 1.54) is 31.0 Å². The Balaban J connectivity index is 1.68. The average Bonchev–Trinajstić information content (AvgIpc) is 2.66. The molecule has 7 heteroatoms. The molecule has 0 bridgehead atoms. The lowest BCUT2D eigenvalue weighted by Crippen LogP contribution is -2.30. The quantitative estimate of drug-likeness (QED) is 0.434. The Labute approximate surface area is 169 Å². The highest BCUT2D eigenvalue weighted by atomic mass is 35.5. The van der Waals surface area contributed by atoms with Crippen molar-refractivity contribution in [1.82, 2.24) is 15.3 Å². The Kier molecular flexibility index (Phi) is 6.96. The topological polar surface area (TPSA) is 58.1 Å². The van der Waals surface area contributed by atoms with Crippen LogP contribution in [0.2, 0.25) is 5.15 Å². The second kappa shape index (κ2) is 9.42. The molecule has 3 rings (SSSR count). The SMILES string of the molecule is CC(C)NC(=O)c1cccc(CSc2nc(Cl)cc(N3CCCCC3)n2)c1. The second-order valence-electron chi connectivity index (χ2n) is 7.00. The third-order valence-electron chi connectivity index (χ3n) is 4.32. The van der Waals surface area contributed by atoms with E-state index < -0.39 is 0 Å². The molecule has 1 aromatic carbocycles. The number of amides is 1.